The molecule has 6 nitrogen and oxygen atoms in total. The Morgan fingerprint density at radius 2 is 1.80 bits per heavy atom. The molecule has 1 amide bonds. The van der Waals surface area contributed by atoms with Crippen LogP contribution in [0.15, 0.2) is 54.6 Å². The van der Waals surface area contributed by atoms with E-state index in [0.29, 0.717) is 34.4 Å². The third kappa shape index (κ3) is 5.11. The van der Waals surface area contributed by atoms with Gasteiger partial charge in [-0.1, -0.05) is 53.8 Å². The number of carbonyl (C=O) groups is 2. The maximum Gasteiger partial charge on any atom is 0.350 e. The zero-order valence-corrected chi connectivity index (χ0v) is 18.1. The molecule has 1 heterocycles. The van der Waals surface area contributed by atoms with Gasteiger partial charge in [0.25, 0.3) is 5.91 Å². The second kappa shape index (κ2) is 10.1. The van der Waals surface area contributed by atoms with Crippen LogP contribution < -0.4 is 4.90 Å². The Hall–Kier alpha value is -3.03. The molecule has 7 heteroatoms. The fourth-order valence-corrected chi connectivity index (χ4v) is 3.95. The van der Waals surface area contributed by atoms with E-state index in [1.54, 1.807) is 31.9 Å². The number of esters is 1. The minimum Gasteiger partial charge on any atom is -0.462 e. The highest BCUT2D eigenvalue weighted by molar-refractivity contribution is 7.17. The summed E-state index contributed by atoms with van der Waals surface area (Å²) in [6, 6.07) is 17.0. The predicted octanol–water partition coefficient (Wildman–Crippen LogP) is 4.62. The van der Waals surface area contributed by atoms with E-state index in [1.165, 1.54) is 11.3 Å². The molecule has 3 aromatic rings. The van der Waals surface area contributed by atoms with Gasteiger partial charge in [0.15, 0.2) is 5.13 Å². The Labute approximate surface area is 180 Å². The topological polar surface area (TPSA) is 68.7 Å². The second-order valence-electron chi connectivity index (χ2n) is 6.64. The Kier molecular flexibility index (Phi) is 7.32. The van der Waals surface area contributed by atoms with Crippen molar-refractivity contribution in [1.29, 1.82) is 0 Å². The summed E-state index contributed by atoms with van der Waals surface area (Å²) in [6.45, 7) is 4.54. The molecule has 0 atom stereocenters. The molecular weight excluding hydrogens is 400 g/mol. The van der Waals surface area contributed by atoms with Gasteiger partial charge in [-0.3, -0.25) is 9.69 Å². The lowest BCUT2D eigenvalue weighted by atomic mass is 10.1. The smallest absolute Gasteiger partial charge is 0.350 e. The number of thiazole rings is 1. The average molecular weight is 425 g/mol. The second-order valence-corrected chi connectivity index (χ2v) is 7.62. The van der Waals surface area contributed by atoms with Gasteiger partial charge in [-0.2, -0.15) is 0 Å². The van der Waals surface area contributed by atoms with E-state index in [0.717, 1.165) is 11.1 Å². The first-order chi connectivity index (χ1) is 14.5. The molecule has 0 saturated heterocycles. The van der Waals surface area contributed by atoms with Crippen LogP contribution in [0.5, 0.6) is 0 Å². The number of aryl methyl sites for hydroxylation is 1. The van der Waals surface area contributed by atoms with Crippen LogP contribution in [-0.4, -0.2) is 30.6 Å². The van der Waals surface area contributed by atoms with Crippen molar-refractivity contribution in [2.45, 2.75) is 27.0 Å². The van der Waals surface area contributed by atoms with Gasteiger partial charge >= 0.3 is 5.97 Å². The summed E-state index contributed by atoms with van der Waals surface area (Å²) in [5.74, 6) is -0.617. The van der Waals surface area contributed by atoms with Gasteiger partial charge < -0.3 is 9.47 Å². The molecule has 156 valence electrons. The maximum atomic E-state index is 13.5. The van der Waals surface area contributed by atoms with Gasteiger partial charge in [0.1, 0.15) is 4.88 Å². The normalized spacial score (nSPS) is 10.6. The molecule has 0 radical (unpaired) electrons. The lowest BCUT2D eigenvalue weighted by Gasteiger charge is -2.20. The van der Waals surface area contributed by atoms with Crippen molar-refractivity contribution in [2.24, 2.45) is 0 Å². The summed E-state index contributed by atoms with van der Waals surface area (Å²) in [6.07, 6.45) is 0. The number of anilines is 1. The zero-order chi connectivity index (χ0) is 21.5. The van der Waals surface area contributed by atoms with E-state index in [1.807, 2.05) is 48.5 Å². The third-order valence-electron chi connectivity index (χ3n) is 4.39. The van der Waals surface area contributed by atoms with Crippen molar-refractivity contribution < 1.29 is 19.1 Å². The SMILES string of the molecule is CCOC(=O)c1sc(N(Cc2ccccc2)C(=O)c2cccc(COC)c2)nc1C. The first kappa shape index (κ1) is 21.7. The number of benzene rings is 2. The zero-order valence-electron chi connectivity index (χ0n) is 17.3. The lowest BCUT2D eigenvalue weighted by Crippen LogP contribution is -2.30. The van der Waals surface area contributed by atoms with Crippen LogP contribution in [0.25, 0.3) is 0 Å². The molecule has 3 rings (SSSR count). The first-order valence-electron chi connectivity index (χ1n) is 9.61. The molecule has 0 spiro atoms. The van der Waals surface area contributed by atoms with Crippen molar-refractivity contribution >= 4 is 28.3 Å². The molecule has 0 fully saturated rings. The van der Waals surface area contributed by atoms with E-state index in [9.17, 15) is 9.59 Å². The van der Waals surface area contributed by atoms with E-state index in [4.69, 9.17) is 9.47 Å². The predicted molar refractivity (Wildman–Crippen MR) is 117 cm³/mol. The number of ether oxygens (including phenoxy) is 2. The number of carbonyl (C=O) groups excluding carboxylic acids is 2. The van der Waals surface area contributed by atoms with Gasteiger partial charge in [-0.05, 0) is 37.1 Å². The maximum absolute atomic E-state index is 13.5. The minimum atomic E-state index is -0.423. The molecule has 2 aromatic carbocycles. The molecular formula is C23H24N2O4S. The number of amides is 1. The van der Waals surface area contributed by atoms with E-state index >= 15 is 0 Å². The van der Waals surface area contributed by atoms with Crippen LogP contribution in [0.2, 0.25) is 0 Å². The summed E-state index contributed by atoms with van der Waals surface area (Å²) in [5.41, 5.74) is 2.95. The van der Waals surface area contributed by atoms with E-state index in [-0.39, 0.29) is 12.5 Å². The fraction of sp³-hybridized carbons (Fsp3) is 0.261. The number of rotatable bonds is 8. The monoisotopic (exact) mass is 424 g/mol. The Bertz CT molecular complexity index is 1020. The van der Waals surface area contributed by atoms with E-state index in [2.05, 4.69) is 4.98 Å². The van der Waals surface area contributed by atoms with Gasteiger partial charge in [0.05, 0.1) is 25.5 Å². The van der Waals surface area contributed by atoms with Crippen LogP contribution in [0.3, 0.4) is 0 Å². The van der Waals surface area contributed by atoms with Crippen LogP contribution in [-0.2, 0) is 22.6 Å². The van der Waals surface area contributed by atoms with Crippen LogP contribution >= 0.6 is 11.3 Å². The quantitative estimate of drug-likeness (QED) is 0.494. The average Bonchev–Trinajstić information content (AvgIpc) is 3.14. The Balaban J connectivity index is 1.99. The Morgan fingerprint density at radius 3 is 2.50 bits per heavy atom. The molecule has 0 N–H and O–H groups in total. The summed E-state index contributed by atoms with van der Waals surface area (Å²) >= 11 is 1.17. The standard InChI is InChI=1S/C23H24N2O4S/c1-4-29-22(27)20-16(2)24-23(30-20)25(14-17-9-6-5-7-10-17)21(26)19-12-8-11-18(13-19)15-28-3/h5-13H,4,14-15H2,1-3H3. The summed E-state index contributed by atoms with van der Waals surface area (Å²) in [7, 11) is 1.62. The molecule has 0 aliphatic carbocycles. The van der Waals surface area contributed by atoms with Crippen molar-refractivity contribution in [3.63, 3.8) is 0 Å². The van der Waals surface area contributed by atoms with Crippen LogP contribution in [0.4, 0.5) is 5.13 Å². The van der Waals surface area contributed by atoms with E-state index < -0.39 is 5.97 Å². The number of methoxy groups -OCH3 is 1. The first-order valence-corrected chi connectivity index (χ1v) is 10.4. The molecule has 0 unspecified atom stereocenters. The minimum absolute atomic E-state index is 0.194. The van der Waals surface area contributed by atoms with Crippen molar-refractivity contribution in [2.75, 3.05) is 18.6 Å². The van der Waals surface area contributed by atoms with Crippen LogP contribution in [0, 0.1) is 6.92 Å². The fourth-order valence-electron chi connectivity index (χ4n) is 2.99. The highest BCUT2D eigenvalue weighted by Crippen LogP contribution is 2.29. The summed E-state index contributed by atoms with van der Waals surface area (Å²) in [4.78, 5) is 32.2. The summed E-state index contributed by atoms with van der Waals surface area (Å²) < 4.78 is 10.3. The number of hydrogen-bond donors (Lipinski definition) is 0. The van der Waals surface area contributed by atoms with Crippen LogP contribution in [0.1, 0.15) is 43.8 Å². The highest BCUT2D eigenvalue weighted by Gasteiger charge is 2.25. The molecule has 30 heavy (non-hydrogen) atoms. The highest BCUT2D eigenvalue weighted by atomic mass is 32.1. The Morgan fingerprint density at radius 1 is 1.07 bits per heavy atom. The van der Waals surface area contributed by atoms with Gasteiger partial charge in [-0.25, -0.2) is 9.78 Å². The molecule has 0 bridgehead atoms. The lowest BCUT2D eigenvalue weighted by molar-refractivity contribution is 0.0531. The summed E-state index contributed by atoms with van der Waals surface area (Å²) in [5, 5.41) is 0.460. The van der Waals surface area contributed by atoms with Crippen molar-refractivity contribution in [1.82, 2.24) is 4.98 Å². The molecule has 1 aromatic heterocycles. The van der Waals surface area contributed by atoms with Gasteiger partial charge in [0, 0.05) is 12.7 Å². The molecule has 0 aliphatic heterocycles. The third-order valence-corrected chi connectivity index (χ3v) is 5.55. The largest absolute Gasteiger partial charge is 0.462 e. The van der Waals surface area contributed by atoms with Crippen molar-refractivity contribution in [3.05, 3.63) is 81.9 Å². The molecule has 0 saturated carbocycles. The van der Waals surface area contributed by atoms with Gasteiger partial charge in [0.2, 0.25) is 0 Å². The van der Waals surface area contributed by atoms with Crippen molar-refractivity contribution in [3.8, 4) is 0 Å². The van der Waals surface area contributed by atoms with Gasteiger partial charge in [-0.15, -0.1) is 0 Å². The number of nitrogens with zero attached hydrogens (tertiary/aromatic N) is 2. The molecule has 0 aliphatic rings. The number of hydrogen-bond acceptors (Lipinski definition) is 6. The number of aromatic nitrogens is 1.